The molecular formula is C25H20ClN3O2S. The van der Waals surface area contributed by atoms with Crippen LogP contribution in [0.5, 0.6) is 5.75 Å². The van der Waals surface area contributed by atoms with Crippen molar-refractivity contribution in [2.24, 2.45) is 4.99 Å². The van der Waals surface area contributed by atoms with Gasteiger partial charge in [-0.15, -0.1) is 6.58 Å². The summed E-state index contributed by atoms with van der Waals surface area (Å²) >= 11 is 7.26. The Balaban J connectivity index is 1.53. The maximum atomic E-state index is 13.0. The first-order valence-electron chi connectivity index (χ1n) is 9.91. The summed E-state index contributed by atoms with van der Waals surface area (Å²) in [4.78, 5) is 23.8. The summed E-state index contributed by atoms with van der Waals surface area (Å²) in [6.07, 6.45) is 6.88. The second-order valence-electron chi connectivity index (χ2n) is 6.91. The van der Waals surface area contributed by atoms with Crippen LogP contribution < -0.4 is 4.74 Å². The van der Waals surface area contributed by atoms with E-state index in [0.29, 0.717) is 33.9 Å². The van der Waals surface area contributed by atoms with Crippen LogP contribution in [0.3, 0.4) is 0 Å². The minimum absolute atomic E-state index is 0.106. The molecule has 1 amide bonds. The zero-order chi connectivity index (χ0) is 22.3. The Bertz CT molecular complexity index is 1180. The SMILES string of the molecule is C=CCN1C(=O)/C(=C/c2cccc(OCc3ccc(Cl)cc3)c2)SC1=Nc1cccnc1. The van der Waals surface area contributed by atoms with Crippen molar-refractivity contribution in [1.82, 2.24) is 9.88 Å². The number of benzene rings is 2. The first-order chi connectivity index (χ1) is 15.6. The maximum absolute atomic E-state index is 13.0. The highest BCUT2D eigenvalue weighted by molar-refractivity contribution is 8.18. The van der Waals surface area contributed by atoms with E-state index in [0.717, 1.165) is 16.9 Å². The molecule has 1 aliphatic heterocycles. The molecule has 0 bridgehead atoms. The van der Waals surface area contributed by atoms with Gasteiger partial charge in [0.15, 0.2) is 5.17 Å². The van der Waals surface area contributed by atoms with Gasteiger partial charge in [0.25, 0.3) is 5.91 Å². The van der Waals surface area contributed by atoms with Gasteiger partial charge in [0.05, 0.1) is 16.8 Å². The molecule has 0 radical (unpaired) electrons. The van der Waals surface area contributed by atoms with Crippen LogP contribution in [0.4, 0.5) is 5.69 Å². The average Bonchev–Trinajstić information content (AvgIpc) is 3.09. The molecule has 5 nitrogen and oxygen atoms in total. The molecule has 2 aromatic carbocycles. The van der Waals surface area contributed by atoms with Gasteiger partial charge in [-0.25, -0.2) is 4.99 Å². The first kappa shape index (κ1) is 21.9. The van der Waals surface area contributed by atoms with Gasteiger partial charge in [0.2, 0.25) is 0 Å². The van der Waals surface area contributed by atoms with Crippen LogP contribution in [-0.4, -0.2) is 27.5 Å². The molecule has 1 saturated heterocycles. The number of pyridine rings is 1. The highest BCUT2D eigenvalue weighted by atomic mass is 35.5. The van der Waals surface area contributed by atoms with Crippen LogP contribution in [0.2, 0.25) is 5.02 Å². The van der Waals surface area contributed by atoms with Crippen molar-refractivity contribution in [3.05, 3.63) is 107 Å². The Hall–Kier alpha value is -3.35. The Labute approximate surface area is 196 Å². The van der Waals surface area contributed by atoms with E-state index in [9.17, 15) is 4.79 Å². The molecule has 0 saturated carbocycles. The number of aromatic nitrogens is 1. The number of hydrogen-bond donors (Lipinski definition) is 0. The number of amides is 1. The number of amidine groups is 1. The fraction of sp³-hybridized carbons (Fsp3) is 0.0800. The molecular weight excluding hydrogens is 442 g/mol. The molecule has 4 rings (SSSR count). The zero-order valence-electron chi connectivity index (χ0n) is 17.1. The molecule has 1 fully saturated rings. The fourth-order valence-electron chi connectivity index (χ4n) is 3.00. The predicted octanol–water partition coefficient (Wildman–Crippen LogP) is 6.10. The fourth-order valence-corrected chi connectivity index (χ4v) is 4.14. The molecule has 3 aromatic rings. The van der Waals surface area contributed by atoms with E-state index in [1.165, 1.54) is 11.8 Å². The number of aliphatic imine (C=N–C) groups is 1. The molecule has 0 spiro atoms. The normalized spacial score (nSPS) is 16.0. The van der Waals surface area contributed by atoms with Gasteiger partial charge < -0.3 is 4.74 Å². The third-order valence-corrected chi connectivity index (χ3v) is 5.80. The van der Waals surface area contributed by atoms with E-state index < -0.39 is 0 Å². The minimum atomic E-state index is -0.106. The highest BCUT2D eigenvalue weighted by Crippen LogP contribution is 2.34. The minimum Gasteiger partial charge on any atom is -0.489 e. The van der Waals surface area contributed by atoms with Crippen molar-refractivity contribution in [1.29, 1.82) is 0 Å². The van der Waals surface area contributed by atoms with Crippen LogP contribution in [-0.2, 0) is 11.4 Å². The summed E-state index contributed by atoms with van der Waals surface area (Å²) in [5.74, 6) is 0.613. The van der Waals surface area contributed by atoms with Gasteiger partial charge in [-0.05, 0) is 65.4 Å². The number of carbonyl (C=O) groups is 1. The standard InChI is InChI=1S/C25H20ClN3O2S/c1-2-13-29-24(30)23(32-25(29)28-21-6-4-12-27-16-21)15-19-5-3-7-22(14-19)31-17-18-8-10-20(26)11-9-18/h2-12,14-16H,1,13,17H2/b23-15-,28-25?. The monoisotopic (exact) mass is 461 g/mol. The van der Waals surface area contributed by atoms with Gasteiger partial charge >= 0.3 is 0 Å². The molecule has 32 heavy (non-hydrogen) atoms. The zero-order valence-corrected chi connectivity index (χ0v) is 18.7. The van der Waals surface area contributed by atoms with Crippen LogP contribution >= 0.6 is 23.4 Å². The number of rotatable bonds is 7. The number of hydrogen-bond acceptors (Lipinski definition) is 5. The van der Waals surface area contributed by atoms with E-state index >= 15 is 0 Å². The topological polar surface area (TPSA) is 54.8 Å². The number of nitrogens with zero attached hydrogens (tertiary/aromatic N) is 3. The van der Waals surface area contributed by atoms with Gasteiger partial charge in [0, 0.05) is 17.8 Å². The first-order valence-corrected chi connectivity index (χ1v) is 11.1. The quantitative estimate of drug-likeness (QED) is 0.315. The van der Waals surface area contributed by atoms with E-state index in [1.807, 2.05) is 66.7 Å². The molecule has 1 aliphatic rings. The maximum Gasteiger partial charge on any atom is 0.267 e. The second-order valence-corrected chi connectivity index (χ2v) is 8.35. The lowest BCUT2D eigenvalue weighted by atomic mass is 10.2. The van der Waals surface area contributed by atoms with Crippen molar-refractivity contribution >= 4 is 46.2 Å². The van der Waals surface area contributed by atoms with E-state index in [4.69, 9.17) is 16.3 Å². The lowest BCUT2D eigenvalue weighted by Gasteiger charge is -2.12. The summed E-state index contributed by atoms with van der Waals surface area (Å²) in [6, 6.07) is 18.8. The number of halogens is 1. The smallest absolute Gasteiger partial charge is 0.267 e. The number of carbonyl (C=O) groups excluding carboxylic acids is 1. The van der Waals surface area contributed by atoms with Gasteiger partial charge in [-0.1, -0.05) is 41.9 Å². The van der Waals surface area contributed by atoms with E-state index in [2.05, 4.69) is 16.6 Å². The largest absolute Gasteiger partial charge is 0.489 e. The summed E-state index contributed by atoms with van der Waals surface area (Å²) in [7, 11) is 0. The Kier molecular flexibility index (Phi) is 7.04. The summed E-state index contributed by atoms with van der Waals surface area (Å²) in [5, 5.41) is 1.29. The molecule has 1 aromatic heterocycles. The summed E-state index contributed by atoms with van der Waals surface area (Å²) in [5.41, 5.74) is 2.59. The molecule has 0 aliphatic carbocycles. The van der Waals surface area contributed by atoms with Crippen LogP contribution in [0.1, 0.15) is 11.1 Å². The van der Waals surface area contributed by atoms with Crippen molar-refractivity contribution in [3.8, 4) is 5.75 Å². The summed E-state index contributed by atoms with van der Waals surface area (Å²) in [6.45, 7) is 4.57. The van der Waals surface area contributed by atoms with Crippen molar-refractivity contribution in [2.45, 2.75) is 6.61 Å². The Morgan fingerprint density at radius 3 is 2.75 bits per heavy atom. The third-order valence-electron chi connectivity index (χ3n) is 4.55. The molecule has 0 atom stereocenters. The van der Waals surface area contributed by atoms with Gasteiger partial charge in [-0.3, -0.25) is 14.7 Å². The van der Waals surface area contributed by atoms with Gasteiger partial charge in [-0.2, -0.15) is 0 Å². The van der Waals surface area contributed by atoms with Crippen molar-refractivity contribution in [2.75, 3.05) is 6.54 Å². The lowest BCUT2D eigenvalue weighted by Crippen LogP contribution is -2.29. The summed E-state index contributed by atoms with van der Waals surface area (Å²) < 4.78 is 5.91. The molecule has 7 heteroatoms. The van der Waals surface area contributed by atoms with Crippen LogP contribution in [0.15, 0.2) is 95.6 Å². The third kappa shape index (κ3) is 5.46. The lowest BCUT2D eigenvalue weighted by molar-refractivity contribution is -0.121. The van der Waals surface area contributed by atoms with Crippen LogP contribution in [0, 0.1) is 0 Å². The average molecular weight is 462 g/mol. The predicted molar refractivity (Wildman–Crippen MR) is 131 cm³/mol. The van der Waals surface area contributed by atoms with Gasteiger partial charge in [0.1, 0.15) is 12.4 Å². The second kappa shape index (κ2) is 10.3. The van der Waals surface area contributed by atoms with E-state index in [-0.39, 0.29) is 5.91 Å². The molecule has 2 heterocycles. The van der Waals surface area contributed by atoms with Crippen LogP contribution in [0.25, 0.3) is 6.08 Å². The number of thioether (sulfide) groups is 1. The van der Waals surface area contributed by atoms with Crippen molar-refractivity contribution < 1.29 is 9.53 Å². The molecule has 0 N–H and O–H groups in total. The van der Waals surface area contributed by atoms with Crippen molar-refractivity contribution in [3.63, 3.8) is 0 Å². The molecule has 0 unspecified atom stereocenters. The highest BCUT2D eigenvalue weighted by Gasteiger charge is 2.32. The Morgan fingerprint density at radius 1 is 1.16 bits per heavy atom. The molecule has 160 valence electrons. The Morgan fingerprint density at radius 2 is 2.00 bits per heavy atom. The number of ether oxygens (including phenoxy) is 1. The van der Waals surface area contributed by atoms with E-state index in [1.54, 1.807) is 23.4 Å².